The van der Waals surface area contributed by atoms with E-state index >= 15 is 0 Å². The summed E-state index contributed by atoms with van der Waals surface area (Å²) in [7, 11) is 3.75. The Bertz CT molecular complexity index is 766. The zero-order valence-corrected chi connectivity index (χ0v) is 15.4. The predicted molar refractivity (Wildman–Crippen MR) is 99.6 cm³/mol. The van der Waals surface area contributed by atoms with Crippen LogP contribution in [0.15, 0.2) is 48.5 Å². The Morgan fingerprint density at radius 2 is 1.73 bits per heavy atom. The molecule has 0 aromatic heterocycles. The number of hydrogen-bond acceptors (Lipinski definition) is 3. The van der Waals surface area contributed by atoms with Gasteiger partial charge in [-0.2, -0.15) is 0 Å². The summed E-state index contributed by atoms with van der Waals surface area (Å²) in [4.78, 5) is 26.0. The van der Waals surface area contributed by atoms with Crippen LogP contribution in [0, 0.1) is 5.82 Å². The summed E-state index contributed by atoms with van der Waals surface area (Å²) in [6.07, 6.45) is 0. The predicted octanol–water partition coefficient (Wildman–Crippen LogP) is 2.63. The monoisotopic (exact) mass is 377 g/mol. The fourth-order valence-electron chi connectivity index (χ4n) is 2.46. The fourth-order valence-corrected chi connectivity index (χ4v) is 2.68. The van der Waals surface area contributed by atoms with Gasteiger partial charge >= 0.3 is 0 Å². The lowest BCUT2D eigenvalue weighted by Crippen LogP contribution is -2.40. The molecule has 2 aromatic carbocycles. The molecule has 0 heterocycles. The van der Waals surface area contributed by atoms with Gasteiger partial charge in [-0.05, 0) is 43.9 Å². The van der Waals surface area contributed by atoms with Crippen LogP contribution in [0.25, 0.3) is 0 Å². The first-order valence-electron chi connectivity index (χ1n) is 8.10. The first kappa shape index (κ1) is 19.9. The lowest BCUT2D eigenvalue weighted by molar-refractivity contribution is -0.120. The van der Waals surface area contributed by atoms with Crippen molar-refractivity contribution in [2.75, 3.05) is 27.2 Å². The summed E-state index contributed by atoms with van der Waals surface area (Å²) in [6.45, 7) is 0.174. The lowest BCUT2D eigenvalue weighted by Gasteiger charge is -2.25. The highest BCUT2D eigenvalue weighted by atomic mass is 35.5. The molecule has 1 atom stereocenters. The zero-order valence-electron chi connectivity index (χ0n) is 14.6. The Balaban J connectivity index is 1.87. The van der Waals surface area contributed by atoms with Crippen molar-refractivity contribution in [1.82, 2.24) is 15.5 Å². The van der Waals surface area contributed by atoms with Gasteiger partial charge in [0.05, 0.1) is 23.2 Å². The molecule has 2 aromatic rings. The molecule has 7 heteroatoms. The van der Waals surface area contributed by atoms with E-state index in [9.17, 15) is 14.0 Å². The van der Waals surface area contributed by atoms with E-state index in [2.05, 4.69) is 10.6 Å². The van der Waals surface area contributed by atoms with Crippen LogP contribution in [0.1, 0.15) is 22.0 Å². The van der Waals surface area contributed by atoms with Crippen molar-refractivity contribution >= 4 is 23.4 Å². The summed E-state index contributed by atoms with van der Waals surface area (Å²) in [6, 6.07) is 12.7. The van der Waals surface area contributed by atoms with Crippen LogP contribution in [-0.2, 0) is 4.79 Å². The molecular formula is C19H21ClFN3O2. The molecule has 0 radical (unpaired) electrons. The van der Waals surface area contributed by atoms with E-state index in [1.807, 2.05) is 19.0 Å². The molecular weight excluding hydrogens is 357 g/mol. The number of likely N-dealkylation sites (N-methyl/N-ethyl adjacent to an activating group) is 1. The van der Waals surface area contributed by atoms with E-state index in [4.69, 9.17) is 11.6 Å². The Morgan fingerprint density at radius 3 is 2.35 bits per heavy atom. The average molecular weight is 378 g/mol. The largest absolute Gasteiger partial charge is 0.353 e. The van der Waals surface area contributed by atoms with Gasteiger partial charge in [-0.25, -0.2) is 4.39 Å². The van der Waals surface area contributed by atoms with E-state index < -0.39 is 5.91 Å². The van der Waals surface area contributed by atoms with Gasteiger partial charge in [0.2, 0.25) is 5.91 Å². The van der Waals surface area contributed by atoms with Crippen molar-refractivity contribution in [2.45, 2.75) is 6.04 Å². The Hall–Kier alpha value is -2.44. The van der Waals surface area contributed by atoms with Gasteiger partial charge in [-0.1, -0.05) is 35.9 Å². The molecule has 2 rings (SSSR count). The quantitative estimate of drug-likeness (QED) is 0.779. The van der Waals surface area contributed by atoms with Crippen molar-refractivity contribution in [3.8, 4) is 0 Å². The van der Waals surface area contributed by atoms with Gasteiger partial charge in [0.1, 0.15) is 5.82 Å². The standard InChI is InChI=1S/C19H21ClFN3O2/c1-24(2)17(13-7-9-14(21)10-8-13)11-22-18(25)12-23-19(26)15-5-3-4-6-16(15)20/h3-10,17H,11-12H2,1-2H3,(H,22,25)(H,23,26). The number of halogens is 2. The summed E-state index contributed by atoms with van der Waals surface area (Å²) in [5.74, 6) is -1.04. The summed E-state index contributed by atoms with van der Waals surface area (Å²) in [5, 5.41) is 5.65. The van der Waals surface area contributed by atoms with Crippen LogP contribution in [0.5, 0.6) is 0 Å². The molecule has 0 spiro atoms. The first-order valence-corrected chi connectivity index (χ1v) is 8.47. The third-order valence-electron chi connectivity index (χ3n) is 3.90. The highest BCUT2D eigenvalue weighted by Crippen LogP contribution is 2.17. The minimum Gasteiger partial charge on any atom is -0.353 e. The molecule has 0 saturated carbocycles. The highest BCUT2D eigenvalue weighted by molar-refractivity contribution is 6.33. The number of rotatable bonds is 7. The number of nitrogens with zero attached hydrogens (tertiary/aromatic N) is 1. The van der Waals surface area contributed by atoms with E-state index in [-0.39, 0.29) is 24.3 Å². The maximum atomic E-state index is 13.1. The Labute approximate surface area is 157 Å². The smallest absolute Gasteiger partial charge is 0.253 e. The summed E-state index contributed by atoms with van der Waals surface area (Å²) in [5.41, 5.74) is 1.20. The van der Waals surface area contributed by atoms with Crippen molar-refractivity contribution in [3.63, 3.8) is 0 Å². The van der Waals surface area contributed by atoms with Crippen LogP contribution >= 0.6 is 11.6 Å². The molecule has 0 fully saturated rings. The number of carbonyl (C=O) groups is 2. The molecule has 0 aliphatic carbocycles. The van der Waals surface area contributed by atoms with Gasteiger partial charge in [0, 0.05) is 6.54 Å². The molecule has 2 amide bonds. The Morgan fingerprint density at radius 1 is 1.08 bits per heavy atom. The second-order valence-corrected chi connectivity index (χ2v) is 6.40. The number of carbonyl (C=O) groups excluding carboxylic acids is 2. The fraction of sp³-hybridized carbons (Fsp3) is 0.263. The third kappa shape index (κ3) is 5.54. The SMILES string of the molecule is CN(C)C(CNC(=O)CNC(=O)c1ccccc1Cl)c1ccc(F)cc1. The zero-order chi connectivity index (χ0) is 19.1. The summed E-state index contributed by atoms with van der Waals surface area (Å²) >= 11 is 5.96. The van der Waals surface area contributed by atoms with E-state index in [1.165, 1.54) is 12.1 Å². The lowest BCUT2D eigenvalue weighted by atomic mass is 10.1. The van der Waals surface area contributed by atoms with E-state index in [0.717, 1.165) is 5.56 Å². The molecule has 2 N–H and O–H groups in total. The third-order valence-corrected chi connectivity index (χ3v) is 4.23. The minimum absolute atomic E-state index is 0.112. The number of benzene rings is 2. The minimum atomic E-state index is -0.409. The van der Waals surface area contributed by atoms with Crippen LogP contribution in [0.3, 0.4) is 0 Å². The average Bonchev–Trinajstić information content (AvgIpc) is 2.61. The number of amides is 2. The molecule has 26 heavy (non-hydrogen) atoms. The van der Waals surface area contributed by atoms with Crippen LogP contribution in [0.4, 0.5) is 4.39 Å². The first-order chi connectivity index (χ1) is 12.4. The molecule has 0 bridgehead atoms. The van der Waals surface area contributed by atoms with Gasteiger partial charge in [-0.3, -0.25) is 9.59 Å². The molecule has 0 aliphatic rings. The second-order valence-electron chi connectivity index (χ2n) is 6.00. The number of hydrogen-bond donors (Lipinski definition) is 2. The van der Waals surface area contributed by atoms with Crippen molar-refractivity contribution in [3.05, 3.63) is 70.5 Å². The maximum absolute atomic E-state index is 13.1. The summed E-state index contributed by atoms with van der Waals surface area (Å²) < 4.78 is 13.1. The maximum Gasteiger partial charge on any atom is 0.253 e. The van der Waals surface area contributed by atoms with Crippen LogP contribution in [-0.4, -0.2) is 43.9 Å². The van der Waals surface area contributed by atoms with Gasteiger partial charge in [0.15, 0.2) is 0 Å². The molecule has 0 saturated heterocycles. The van der Waals surface area contributed by atoms with E-state index in [0.29, 0.717) is 17.1 Å². The van der Waals surface area contributed by atoms with Crippen LogP contribution < -0.4 is 10.6 Å². The molecule has 0 aliphatic heterocycles. The molecule has 5 nitrogen and oxygen atoms in total. The van der Waals surface area contributed by atoms with Gasteiger partial charge < -0.3 is 15.5 Å². The normalized spacial score (nSPS) is 11.9. The highest BCUT2D eigenvalue weighted by Gasteiger charge is 2.16. The van der Waals surface area contributed by atoms with Crippen LogP contribution in [0.2, 0.25) is 5.02 Å². The van der Waals surface area contributed by atoms with Crippen molar-refractivity contribution in [2.24, 2.45) is 0 Å². The number of nitrogens with one attached hydrogen (secondary N) is 2. The molecule has 1 unspecified atom stereocenters. The van der Waals surface area contributed by atoms with E-state index in [1.54, 1.807) is 36.4 Å². The van der Waals surface area contributed by atoms with Gasteiger partial charge in [-0.15, -0.1) is 0 Å². The van der Waals surface area contributed by atoms with Crippen molar-refractivity contribution < 1.29 is 14.0 Å². The van der Waals surface area contributed by atoms with Gasteiger partial charge in [0.25, 0.3) is 5.91 Å². The topological polar surface area (TPSA) is 61.4 Å². The Kier molecular flexibility index (Phi) is 7.12. The molecule has 138 valence electrons. The van der Waals surface area contributed by atoms with Crippen molar-refractivity contribution in [1.29, 1.82) is 0 Å². The second kappa shape index (κ2) is 9.31.